The third-order valence-electron chi connectivity index (χ3n) is 2.55. The smallest absolute Gasteiger partial charge is 0.224 e. The molecule has 0 aliphatic rings. The molecule has 7 heteroatoms. The second-order valence-corrected chi connectivity index (χ2v) is 3.73. The van der Waals surface area contributed by atoms with E-state index < -0.39 is 0 Å². The van der Waals surface area contributed by atoms with Crippen LogP contribution < -0.4 is 11.5 Å². The highest BCUT2D eigenvalue weighted by Crippen LogP contribution is 2.20. The molecule has 0 spiro atoms. The molecular weight excluding hydrogens is 235 g/mol. The van der Waals surface area contributed by atoms with Crippen molar-refractivity contribution >= 4 is 22.9 Å². The molecule has 3 rings (SSSR count). The van der Waals surface area contributed by atoms with Crippen molar-refractivity contribution in [2.45, 2.75) is 0 Å². The molecule has 0 saturated carbocycles. The minimum absolute atomic E-state index is 0.0730. The van der Waals surface area contributed by atoms with E-state index in [9.17, 15) is 4.39 Å². The first-order valence-corrected chi connectivity index (χ1v) is 5.17. The van der Waals surface area contributed by atoms with Gasteiger partial charge in [-0.05, 0) is 24.3 Å². The third-order valence-corrected chi connectivity index (χ3v) is 2.55. The monoisotopic (exact) mass is 244 g/mol. The molecule has 4 N–H and O–H groups in total. The van der Waals surface area contributed by atoms with Crippen LogP contribution in [-0.2, 0) is 0 Å². The third kappa shape index (κ3) is 1.53. The van der Waals surface area contributed by atoms with Gasteiger partial charge < -0.3 is 11.5 Å². The highest BCUT2D eigenvalue weighted by Gasteiger charge is 2.11. The van der Waals surface area contributed by atoms with Crippen molar-refractivity contribution in [2.24, 2.45) is 0 Å². The Morgan fingerprint density at radius 1 is 1.06 bits per heavy atom. The van der Waals surface area contributed by atoms with Crippen molar-refractivity contribution in [1.29, 1.82) is 0 Å². The van der Waals surface area contributed by atoms with E-state index in [1.807, 2.05) is 0 Å². The lowest BCUT2D eigenvalue weighted by molar-refractivity contribution is 0.627. The first-order valence-electron chi connectivity index (χ1n) is 5.17. The van der Waals surface area contributed by atoms with Gasteiger partial charge in [0.05, 0.1) is 0 Å². The van der Waals surface area contributed by atoms with Crippen LogP contribution in [-0.4, -0.2) is 19.5 Å². The van der Waals surface area contributed by atoms with Crippen LogP contribution in [0.4, 0.5) is 16.2 Å². The summed E-state index contributed by atoms with van der Waals surface area (Å²) in [5, 5.41) is 0. The number of anilines is 2. The summed E-state index contributed by atoms with van der Waals surface area (Å²) in [5.41, 5.74) is 12.9. The van der Waals surface area contributed by atoms with Crippen molar-refractivity contribution in [1.82, 2.24) is 19.5 Å². The van der Waals surface area contributed by atoms with Gasteiger partial charge in [-0.1, -0.05) is 0 Å². The molecule has 0 aliphatic heterocycles. The molecule has 0 bridgehead atoms. The van der Waals surface area contributed by atoms with Gasteiger partial charge in [0.1, 0.15) is 12.1 Å². The van der Waals surface area contributed by atoms with Gasteiger partial charge in [-0.25, -0.2) is 9.37 Å². The van der Waals surface area contributed by atoms with E-state index in [0.29, 0.717) is 11.2 Å². The zero-order chi connectivity index (χ0) is 12.7. The standard InChI is InChI=1S/C11H9FN6/c12-6-1-3-7(4-2-6)18-5-15-8-9(13)16-11(14)17-10(8)18/h1-5H,(H4,13,14,16,17). The molecule has 0 saturated heterocycles. The molecule has 2 heterocycles. The predicted octanol–water partition coefficient (Wildman–Crippen LogP) is 1.12. The summed E-state index contributed by atoms with van der Waals surface area (Å²) in [7, 11) is 0. The molecule has 2 aromatic heterocycles. The van der Waals surface area contributed by atoms with E-state index in [4.69, 9.17) is 11.5 Å². The van der Waals surface area contributed by atoms with Crippen LogP contribution in [0.5, 0.6) is 0 Å². The average Bonchev–Trinajstić information content (AvgIpc) is 2.74. The van der Waals surface area contributed by atoms with Crippen molar-refractivity contribution in [2.75, 3.05) is 11.5 Å². The highest BCUT2D eigenvalue weighted by molar-refractivity contribution is 5.83. The molecule has 18 heavy (non-hydrogen) atoms. The first-order chi connectivity index (χ1) is 8.65. The van der Waals surface area contributed by atoms with Gasteiger partial charge >= 0.3 is 0 Å². The molecule has 0 atom stereocenters. The summed E-state index contributed by atoms with van der Waals surface area (Å²) in [4.78, 5) is 12.0. The molecule has 6 nitrogen and oxygen atoms in total. The summed E-state index contributed by atoms with van der Waals surface area (Å²) >= 11 is 0. The van der Waals surface area contributed by atoms with Crippen molar-refractivity contribution in [3.63, 3.8) is 0 Å². The molecule has 3 aromatic rings. The first kappa shape index (κ1) is 10.5. The van der Waals surface area contributed by atoms with Crippen LogP contribution in [0.2, 0.25) is 0 Å². The summed E-state index contributed by atoms with van der Waals surface area (Å²) in [5.74, 6) is -0.0148. The predicted molar refractivity (Wildman–Crippen MR) is 65.4 cm³/mol. The van der Waals surface area contributed by atoms with Crippen LogP contribution in [0, 0.1) is 5.82 Å². The Balaban J connectivity index is 2.27. The van der Waals surface area contributed by atoms with E-state index in [2.05, 4.69) is 15.0 Å². The number of rotatable bonds is 1. The number of fused-ring (bicyclic) bond motifs is 1. The fourth-order valence-corrected chi connectivity index (χ4v) is 1.73. The number of nitrogens with zero attached hydrogens (tertiary/aromatic N) is 4. The Bertz CT molecular complexity index is 718. The van der Waals surface area contributed by atoms with Crippen molar-refractivity contribution < 1.29 is 4.39 Å². The number of hydrogen-bond donors (Lipinski definition) is 2. The largest absolute Gasteiger partial charge is 0.382 e. The quantitative estimate of drug-likeness (QED) is 0.668. The lowest BCUT2D eigenvalue weighted by Gasteiger charge is -2.04. The van der Waals surface area contributed by atoms with Crippen LogP contribution in [0.1, 0.15) is 0 Å². The average molecular weight is 244 g/mol. The number of halogens is 1. The lowest BCUT2D eigenvalue weighted by Crippen LogP contribution is -2.02. The second-order valence-electron chi connectivity index (χ2n) is 3.73. The molecular formula is C11H9FN6. The molecule has 0 amide bonds. The Morgan fingerprint density at radius 2 is 1.78 bits per heavy atom. The minimum Gasteiger partial charge on any atom is -0.382 e. The summed E-state index contributed by atoms with van der Waals surface area (Å²) in [6, 6.07) is 5.94. The van der Waals surface area contributed by atoms with Crippen LogP contribution >= 0.6 is 0 Å². The number of hydrogen-bond acceptors (Lipinski definition) is 5. The zero-order valence-electron chi connectivity index (χ0n) is 9.21. The molecule has 0 unspecified atom stereocenters. The van der Waals surface area contributed by atoms with E-state index in [1.165, 1.54) is 12.1 Å². The maximum absolute atomic E-state index is 12.9. The Hall–Kier alpha value is -2.70. The fraction of sp³-hybridized carbons (Fsp3) is 0. The fourth-order valence-electron chi connectivity index (χ4n) is 1.73. The van der Waals surface area contributed by atoms with E-state index >= 15 is 0 Å². The second kappa shape index (κ2) is 3.66. The number of benzene rings is 1. The number of aromatic nitrogens is 4. The van der Waals surface area contributed by atoms with Crippen molar-refractivity contribution in [3.8, 4) is 5.69 Å². The van der Waals surface area contributed by atoms with E-state index in [-0.39, 0.29) is 17.6 Å². The number of imidazole rings is 1. The normalized spacial score (nSPS) is 10.9. The van der Waals surface area contributed by atoms with Gasteiger partial charge in [-0.2, -0.15) is 9.97 Å². The Kier molecular flexibility index (Phi) is 2.12. The molecule has 90 valence electrons. The number of nitrogen functional groups attached to an aromatic ring is 2. The van der Waals surface area contributed by atoms with Crippen LogP contribution in [0.25, 0.3) is 16.9 Å². The van der Waals surface area contributed by atoms with Gasteiger partial charge in [0.15, 0.2) is 17.0 Å². The van der Waals surface area contributed by atoms with Crippen LogP contribution in [0.3, 0.4) is 0 Å². The lowest BCUT2D eigenvalue weighted by atomic mass is 10.3. The Labute approximate surface area is 101 Å². The van der Waals surface area contributed by atoms with Gasteiger partial charge in [0.25, 0.3) is 0 Å². The molecule has 0 aliphatic carbocycles. The van der Waals surface area contributed by atoms with Crippen molar-refractivity contribution in [3.05, 3.63) is 36.4 Å². The van der Waals surface area contributed by atoms with Crippen LogP contribution in [0.15, 0.2) is 30.6 Å². The summed E-state index contributed by atoms with van der Waals surface area (Å²) in [6.07, 6.45) is 1.54. The maximum atomic E-state index is 12.9. The molecule has 0 fully saturated rings. The minimum atomic E-state index is -0.308. The maximum Gasteiger partial charge on any atom is 0.224 e. The zero-order valence-corrected chi connectivity index (χ0v) is 9.21. The molecule has 1 aromatic carbocycles. The van der Waals surface area contributed by atoms with Gasteiger partial charge in [-0.3, -0.25) is 4.57 Å². The Morgan fingerprint density at radius 3 is 2.50 bits per heavy atom. The van der Waals surface area contributed by atoms with E-state index in [1.54, 1.807) is 23.0 Å². The number of nitrogens with two attached hydrogens (primary N) is 2. The van der Waals surface area contributed by atoms with Gasteiger partial charge in [0, 0.05) is 5.69 Å². The molecule has 0 radical (unpaired) electrons. The topological polar surface area (TPSA) is 95.6 Å². The highest BCUT2D eigenvalue weighted by atomic mass is 19.1. The summed E-state index contributed by atoms with van der Waals surface area (Å²) < 4.78 is 14.5. The SMILES string of the molecule is Nc1nc(N)c2ncn(-c3ccc(F)cc3)c2n1. The summed E-state index contributed by atoms with van der Waals surface area (Å²) in [6.45, 7) is 0. The van der Waals surface area contributed by atoms with Gasteiger partial charge in [-0.15, -0.1) is 0 Å². The van der Waals surface area contributed by atoms with E-state index in [0.717, 1.165) is 5.69 Å². The van der Waals surface area contributed by atoms with Gasteiger partial charge in [0.2, 0.25) is 5.95 Å².